The van der Waals surface area contributed by atoms with Gasteiger partial charge in [0.1, 0.15) is 0 Å². The molecule has 2 aromatic carbocycles. The minimum absolute atomic E-state index is 0.873. The predicted octanol–water partition coefficient (Wildman–Crippen LogP) is 5.60. The molecule has 0 saturated heterocycles. The quantitative estimate of drug-likeness (QED) is 0.404. The van der Waals surface area contributed by atoms with E-state index in [2.05, 4.69) is 67.1 Å². The van der Waals surface area contributed by atoms with Crippen molar-refractivity contribution in [3.05, 3.63) is 59.7 Å². The third-order valence-corrected chi connectivity index (χ3v) is 5.59. The molecule has 0 atom stereocenters. The molecule has 0 aromatic heterocycles. The summed E-state index contributed by atoms with van der Waals surface area (Å²) < 4.78 is 2.48. The standard InChI is InChI=1S/C15H25N3S.C7H8.C2H2/c1-3-7-17-8-9-18(19-10-4-2)12-13-11-14(16)5-6-15(13)17;1-7-5-3-2-4-6-7;1-2/h5-6,11H,3-4,7-10,12,16H2,1-2H3;2-6H,1H3;1-2H. The van der Waals surface area contributed by atoms with Gasteiger partial charge in [-0.15, -0.1) is 12.8 Å². The van der Waals surface area contributed by atoms with Crippen molar-refractivity contribution >= 4 is 23.3 Å². The summed E-state index contributed by atoms with van der Waals surface area (Å²) in [4.78, 5) is 2.50. The van der Waals surface area contributed by atoms with Gasteiger partial charge in [0.25, 0.3) is 0 Å². The van der Waals surface area contributed by atoms with Crippen LogP contribution in [-0.2, 0) is 6.54 Å². The summed E-state index contributed by atoms with van der Waals surface area (Å²) in [6.07, 6.45) is 10.4. The highest BCUT2D eigenvalue weighted by molar-refractivity contribution is 7.96. The van der Waals surface area contributed by atoms with Crippen molar-refractivity contribution in [3.8, 4) is 12.8 Å². The van der Waals surface area contributed by atoms with E-state index < -0.39 is 0 Å². The summed E-state index contributed by atoms with van der Waals surface area (Å²) in [5, 5.41) is 0. The van der Waals surface area contributed by atoms with Crippen LogP contribution >= 0.6 is 11.9 Å². The summed E-state index contributed by atoms with van der Waals surface area (Å²) in [6, 6.07) is 16.6. The first-order valence-electron chi connectivity index (χ1n) is 10.00. The van der Waals surface area contributed by atoms with Gasteiger partial charge in [-0.3, -0.25) is 0 Å². The van der Waals surface area contributed by atoms with Crippen LogP contribution in [0.25, 0.3) is 0 Å². The molecule has 3 rings (SSSR count). The molecule has 1 aliphatic heterocycles. The van der Waals surface area contributed by atoms with E-state index in [-0.39, 0.29) is 0 Å². The molecule has 3 nitrogen and oxygen atoms in total. The van der Waals surface area contributed by atoms with Gasteiger partial charge in [-0.25, -0.2) is 4.31 Å². The average molecular weight is 398 g/mol. The molecule has 1 aliphatic rings. The number of rotatable bonds is 5. The number of benzene rings is 2. The maximum absolute atomic E-state index is 5.95. The third kappa shape index (κ3) is 8.29. The molecule has 4 heteroatoms. The Morgan fingerprint density at radius 1 is 1.00 bits per heavy atom. The lowest BCUT2D eigenvalue weighted by molar-refractivity contribution is 0.483. The maximum Gasteiger partial charge on any atom is 0.0414 e. The van der Waals surface area contributed by atoms with Gasteiger partial charge < -0.3 is 10.6 Å². The van der Waals surface area contributed by atoms with Gasteiger partial charge in [0.2, 0.25) is 0 Å². The van der Waals surface area contributed by atoms with Crippen LogP contribution in [-0.4, -0.2) is 29.7 Å². The fourth-order valence-corrected chi connectivity index (χ4v) is 3.91. The Bertz CT molecular complexity index is 685. The molecule has 152 valence electrons. The summed E-state index contributed by atoms with van der Waals surface area (Å²) in [5.41, 5.74) is 10.9. The van der Waals surface area contributed by atoms with Gasteiger partial charge in [0, 0.05) is 43.3 Å². The van der Waals surface area contributed by atoms with E-state index >= 15 is 0 Å². The zero-order valence-corrected chi connectivity index (χ0v) is 18.4. The lowest BCUT2D eigenvalue weighted by Crippen LogP contribution is -2.29. The molecular weight excluding hydrogens is 362 g/mol. The summed E-state index contributed by atoms with van der Waals surface area (Å²) in [5.74, 6) is 1.20. The first-order valence-corrected chi connectivity index (χ1v) is 10.9. The van der Waals surface area contributed by atoms with Crippen LogP contribution in [0.2, 0.25) is 0 Å². The summed E-state index contributed by atoms with van der Waals surface area (Å²) in [6.45, 7) is 10.9. The Morgan fingerprint density at radius 2 is 1.71 bits per heavy atom. The van der Waals surface area contributed by atoms with Gasteiger partial charge in [-0.1, -0.05) is 61.7 Å². The number of nitrogen functional groups attached to an aromatic ring is 1. The molecule has 0 aliphatic carbocycles. The lowest BCUT2D eigenvalue weighted by atomic mass is 10.1. The molecule has 0 unspecified atom stereocenters. The molecule has 1 heterocycles. The topological polar surface area (TPSA) is 32.5 Å². The highest BCUT2D eigenvalue weighted by atomic mass is 32.2. The molecule has 0 amide bonds. The zero-order valence-electron chi connectivity index (χ0n) is 17.6. The second-order valence-corrected chi connectivity index (χ2v) is 7.91. The van der Waals surface area contributed by atoms with Crippen molar-refractivity contribution in [3.63, 3.8) is 0 Å². The van der Waals surface area contributed by atoms with Crippen LogP contribution in [0.4, 0.5) is 11.4 Å². The molecule has 0 radical (unpaired) electrons. The Labute approximate surface area is 176 Å². The Balaban J connectivity index is 0.000000363. The number of hydrogen-bond acceptors (Lipinski definition) is 4. The molecule has 0 bridgehead atoms. The van der Waals surface area contributed by atoms with Crippen LogP contribution < -0.4 is 10.6 Å². The molecule has 28 heavy (non-hydrogen) atoms. The monoisotopic (exact) mass is 397 g/mol. The van der Waals surface area contributed by atoms with Gasteiger partial charge in [0.15, 0.2) is 0 Å². The minimum atomic E-state index is 0.873. The van der Waals surface area contributed by atoms with E-state index in [0.29, 0.717) is 0 Å². The lowest BCUT2D eigenvalue weighted by Gasteiger charge is -2.24. The van der Waals surface area contributed by atoms with E-state index in [1.165, 1.54) is 35.4 Å². The number of terminal acetylenes is 1. The van der Waals surface area contributed by atoms with Crippen molar-refractivity contribution in [1.82, 2.24) is 4.31 Å². The van der Waals surface area contributed by atoms with E-state index in [1.807, 2.05) is 36.2 Å². The van der Waals surface area contributed by atoms with Gasteiger partial charge in [-0.2, -0.15) is 0 Å². The molecule has 0 saturated carbocycles. The zero-order chi connectivity index (χ0) is 20.8. The number of aryl methyl sites for hydroxylation is 1. The third-order valence-electron chi connectivity index (χ3n) is 4.32. The minimum Gasteiger partial charge on any atom is -0.399 e. The van der Waals surface area contributed by atoms with E-state index in [4.69, 9.17) is 5.73 Å². The van der Waals surface area contributed by atoms with Gasteiger partial charge in [-0.05, 0) is 43.5 Å². The Kier molecular flexibility index (Phi) is 12.0. The number of nitrogens with zero attached hydrogens (tertiary/aromatic N) is 2. The highest BCUT2D eigenvalue weighted by Gasteiger charge is 2.19. The molecule has 0 spiro atoms. The normalized spacial score (nSPS) is 13.2. The molecule has 2 aromatic rings. The molecular formula is C24H35N3S. The number of fused-ring (bicyclic) bond motifs is 1. The first-order chi connectivity index (χ1) is 13.6. The Hall–Kier alpha value is -2.09. The van der Waals surface area contributed by atoms with Crippen LogP contribution in [0.5, 0.6) is 0 Å². The summed E-state index contributed by atoms with van der Waals surface area (Å²) in [7, 11) is 0. The van der Waals surface area contributed by atoms with Crippen molar-refractivity contribution in [2.45, 2.75) is 40.2 Å². The fourth-order valence-electron chi connectivity index (χ4n) is 3.03. The maximum atomic E-state index is 5.95. The highest BCUT2D eigenvalue weighted by Crippen LogP contribution is 2.29. The van der Waals surface area contributed by atoms with Crippen molar-refractivity contribution in [1.29, 1.82) is 0 Å². The molecule has 2 N–H and O–H groups in total. The van der Waals surface area contributed by atoms with Gasteiger partial charge >= 0.3 is 0 Å². The smallest absolute Gasteiger partial charge is 0.0414 e. The number of anilines is 2. The number of hydrogen-bond donors (Lipinski definition) is 1. The second kappa shape index (κ2) is 14.0. The van der Waals surface area contributed by atoms with E-state index in [1.54, 1.807) is 0 Å². The van der Waals surface area contributed by atoms with Crippen LogP contribution in [0.3, 0.4) is 0 Å². The molecule has 0 fully saturated rings. The SMILES string of the molecule is C#C.CCCSN1CCN(CCC)c2ccc(N)cc2C1.Cc1ccccc1. The van der Waals surface area contributed by atoms with Crippen molar-refractivity contribution in [2.24, 2.45) is 0 Å². The fraction of sp³-hybridized carbons (Fsp3) is 0.417. The van der Waals surface area contributed by atoms with Gasteiger partial charge in [0.05, 0.1) is 0 Å². The van der Waals surface area contributed by atoms with Crippen molar-refractivity contribution in [2.75, 3.05) is 36.0 Å². The summed E-state index contributed by atoms with van der Waals surface area (Å²) >= 11 is 1.97. The van der Waals surface area contributed by atoms with Crippen LogP contribution in [0, 0.1) is 19.8 Å². The Morgan fingerprint density at radius 3 is 2.29 bits per heavy atom. The number of nitrogens with two attached hydrogens (primary N) is 1. The average Bonchev–Trinajstić information content (AvgIpc) is 2.88. The van der Waals surface area contributed by atoms with E-state index in [9.17, 15) is 0 Å². The first kappa shape index (κ1) is 23.9. The predicted molar refractivity (Wildman–Crippen MR) is 128 cm³/mol. The largest absolute Gasteiger partial charge is 0.399 e. The van der Waals surface area contributed by atoms with Crippen molar-refractivity contribution < 1.29 is 0 Å². The van der Waals surface area contributed by atoms with Crippen LogP contribution in [0.15, 0.2) is 48.5 Å². The van der Waals surface area contributed by atoms with E-state index in [0.717, 1.165) is 31.9 Å². The second-order valence-electron chi connectivity index (χ2n) is 6.73. The van der Waals surface area contributed by atoms with Crippen LogP contribution in [0.1, 0.15) is 37.8 Å².